The van der Waals surface area contributed by atoms with Gasteiger partial charge in [-0.2, -0.15) is 5.26 Å². The normalized spacial score (nSPS) is 10.8. The van der Waals surface area contributed by atoms with Crippen molar-refractivity contribution in [3.63, 3.8) is 0 Å². The van der Waals surface area contributed by atoms with E-state index in [0.717, 1.165) is 0 Å². The van der Waals surface area contributed by atoms with Crippen LogP contribution in [0.2, 0.25) is 0 Å². The second-order valence-corrected chi connectivity index (χ2v) is 4.34. The number of aromatic hydroxyl groups is 2. The van der Waals surface area contributed by atoms with E-state index in [0.29, 0.717) is 11.3 Å². The molecule has 0 radical (unpaired) electrons. The third kappa shape index (κ3) is 3.32. The number of carbonyl (C=O) groups excluding carboxylic acids is 1. The molecule has 0 saturated heterocycles. The Kier molecular flexibility index (Phi) is 4.24. The molecule has 1 amide bonds. The molecule has 7 nitrogen and oxygen atoms in total. The second-order valence-electron chi connectivity index (χ2n) is 4.34. The molecule has 0 unspecified atom stereocenters. The van der Waals surface area contributed by atoms with Crippen LogP contribution >= 0.6 is 0 Å². The maximum absolute atomic E-state index is 12.0. The average molecular weight is 296 g/mol. The lowest BCUT2D eigenvalue weighted by Gasteiger charge is -2.05. The van der Waals surface area contributed by atoms with Crippen LogP contribution in [0.5, 0.6) is 11.5 Å². The van der Waals surface area contributed by atoms with Crippen LogP contribution in [0.1, 0.15) is 5.56 Å². The van der Waals surface area contributed by atoms with Crippen LogP contribution in [0.3, 0.4) is 0 Å². The van der Waals surface area contributed by atoms with E-state index in [4.69, 9.17) is 11.0 Å². The van der Waals surface area contributed by atoms with Crippen molar-refractivity contribution in [2.45, 2.75) is 0 Å². The number of nitrogens with two attached hydrogens (primary N) is 1. The number of nitrogens with zero attached hydrogens (tertiary/aromatic N) is 2. The fourth-order valence-electron chi connectivity index (χ4n) is 1.70. The number of carbonyl (C=O) groups is 1. The van der Waals surface area contributed by atoms with Crippen LogP contribution in [-0.4, -0.2) is 21.1 Å². The number of rotatable bonds is 3. The van der Waals surface area contributed by atoms with Gasteiger partial charge in [0.2, 0.25) is 0 Å². The lowest BCUT2D eigenvalue weighted by molar-refractivity contribution is -0.112. The first kappa shape index (κ1) is 14.9. The number of amides is 1. The van der Waals surface area contributed by atoms with Crippen LogP contribution in [0.15, 0.2) is 42.2 Å². The molecule has 0 spiro atoms. The minimum Gasteiger partial charge on any atom is -0.504 e. The number of nitriles is 1. The molecular weight excluding hydrogens is 284 g/mol. The number of nitrogens with one attached hydrogen (secondary N) is 1. The van der Waals surface area contributed by atoms with Gasteiger partial charge in [-0.3, -0.25) is 9.78 Å². The Morgan fingerprint density at radius 3 is 2.77 bits per heavy atom. The zero-order valence-electron chi connectivity index (χ0n) is 11.3. The van der Waals surface area contributed by atoms with Gasteiger partial charge < -0.3 is 21.3 Å². The summed E-state index contributed by atoms with van der Waals surface area (Å²) in [5.41, 5.74) is 6.02. The van der Waals surface area contributed by atoms with Gasteiger partial charge in [0, 0.05) is 6.20 Å². The zero-order valence-corrected chi connectivity index (χ0v) is 11.3. The predicted octanol–water partition coefficient (Wildman–Crippen LogP) is 1.62. The van der Waals surface area contributed by atoms with Crippen LogP contribution in [0.4, 0.5) is 11.4 Å². The van der Waals surface area contributed by atoms with Gasteiger partial charge in [0.1, 0.15) is 11.6 Å². The van der Waals surface area contributed by atoms with Gasteiger partial charge in [-0.05, 0) is 35.9 Å². The largest absolute Gasteiger partial charge is 0.504 e. The molecule has 5 N–H and O–H groups in total. The first-order valence-electron chi connectivity index (χ1n) is 6.16. The first-order chi connectivity index (χ1) is 10.5. The summed E-state index contributed by atoms with van der Waals surface area (Å²) >= 11 is 0. The van der Waals surface area contributed by atoms with Gasteiger partial charge in [-0.15, -0.1) is 0 Å². The Bertz CT molecular complexity index is 756. The summed E-state index contributed by atoms with van der Waals surface area (Å²) in [5, 5.41) is 30.5. The molecule has 0 saturated carbocycles. The third-order valence-corrected chi connectivity index (χ3v) is 2.74. The van der Waals surface area contributed by atoms with Crippen LogP contribution < -0.4 is 11.1 Å². The molecule has 0 bridgehead atoms. The smallest absolute Gasteiger partial charge is 0.266 e. The fraction of sp³-hybridized carbons (Fsp3) is 0. The molecule has 2 rings (SSSR count). The Labute approximate surface area is 126 Å². The summed E-state index contributed by atoms with van der Waals surface area (Å²) in [6.07, 6.45) is 4.25. The number of hydrogen-bond acceptors (Lipinski definition) is 6. The van der Waals surface area contributed by atoms with Gasteiger partial charge in [-0.25, -0.2) is 0 Å². The Hall–Kier alpha value is -3.53. The number of hydrogen-bond donors (Lipinski definition) is 4. The van der Waals surface area contributed by atoms with Crippen molar-refractivity contribution < 1.29 is 15.0 Å². The van der Waals surface area contributed by atoms with Gasteiger partial charge in [0.25, 0.3) is 5.91 Å². The summed E-state index contributed by atoms with van der Waals surface area (Å²) in [6, 6.07) is 7.57. The highest BCUT2D eigenvalue weighted by molar-refractivity contribution is 6.09. The lowest BCUT2D eigenvalue weighted by atomic mass is 10.1. The number of benzene rings is 1. The molecule has 1 heterocycles. The van der Waals surface area contributed by atoms with Crippen LogP contribution in [0.25, 0.3) is 6.08 Å². The minimum absolute atomic E-state index is 0.0591. The highest BCUT2D eigenvalue weighted by Gasteiger charge is 2.11. The summed E-state index contributed by atoms with van der Waals surface area (Å²) in [5.74, 6) is -1.51. The second kappa shape index (κ2) is 6.28. The van der Waals surface area contributed by atoms with E-state index in [-0.39, 0.29) is 11.3 Å². The lowest BCUT2D eigenvalue weighted by Crippen LogP contribution is -2.13. The number of anilines is 2. The van der Waals surface area contributed by atoms with Gasteiger partial charge in [0.15, 0.2) is 11.5 Å². The third-order valence-electron chi connectivity index (χ3n) is 2.74. The van der Waals surface area contributed by atoms with Crippen molar-refractivity contribution in [2.75, 3.05) is 11.1 Å². The van der Waals surface area contributed by atoms with Crippen molar-refractivity contribution in [3.8, 4) is 17.6 Å². The van der Waals surface area contributed by atoms with E-state index >= 15 is 0 Å². The molecule has 2 aromatic rings. The number of pyridine rings is 1. The Morgan fingerprint density at radius 2 is 2.18 bits per heavy atom. The van der Waals surface area contributed by atoms with E-state index in [2.05, 4.69) is 10.3 Å². The molecule has 0 aliphatic rings. The maximum Gasteiger partial charge on any atom is 0.266 e. The average Bonchev–Trinajstić information content (AvgIpc) is 2.51. The van der Waals surface area contributed by atoms with Crippen LogP contribution in [0, 0.1) is 11.3 Å². The summed E-state index contributed by atoms with van der Waals surface area (Å²) in [4.78, 5) is 15.9. The summed E-state index contributed by atoms with van der Waals surface area (Å²) < 4.78 is 0. The van der Waals surface area contributed by atoms with Gasteiger partial charge in [0.05, 0.1) is 17.6 Å². The minimum atomic E-state index is -0.623. The van der Waals surface area contributed by atoms with Crippen molar-refractivity contribution in [3.05, 3.63) is 47.8 Å². The topological polar surface area (TPSA) is 132 Å². The Morgan fingerprint density at radius 1 is 1.41 bits per heavy atom. The molecule has 0 aliphatic heterocycles. The Balaban J connectivity index is 2.28. The van der Waals surface area contributed by atoms with Crippen LogP contribution in [-0.2, 0) is 4.79 Å². The predicted molar refractivity (Wildman–Crippen MR) is 80.6 cm³/mol. The summed E-state index contributed by atoms with van der Waals surface area (Å²) in [6.45, 7) is 0. The molecule has 0 atom stereocenters. The quantitative estimate of drug-likeness (QED) is 0.294. The molecule has 110 valence electrons. The first-order valence-corrected chi connectivity index (χ1v) is 6.16. The van der Waals surface area contributed by atoms with Crippen molar-refractivity contribution in [1.82, 2.24) is 4.98 Å². The highest BCUT2D eigenvalue weighted by atomic mass is 16.3. The van der Waals surface area contributed by atoms with E-state index in [1.165, 1.54) is 24.4 Å². The van der Waals surface area contributed by atoms with E-state index < -0.39 is 17.4 Å². The molecule has 7 heteroatoms. The van der Waals surface area contributed by atoms with E-state index in [1.807, 2.05) is 0 Å². The van der Waals surface area contributed by atoms with Gasteiger partial charge in [-0.1, -0.05) is 0 Å². The molecular formula is C15H12N4O3. The molecule has 1 aromatic carbocycles. The standard InChI is InChI=1S/C15H12N4O3/c16-7-10(15(22)19-11-2-1-3-18-8-11)4-9-5-12(17)14(21)13(20)6-9/h1-6,8,20-21H,17H2,(H,19,22)/b10-4+. The zero-order chi connectivity index (χ0) is 16.1. The summed E-state index contributed by atoms with van der Waals surface area (Å²) in [7, 11) is 0. The molecule has 0 fully saturated rings. The SMILES string of the molecule is N#C/C(=C\c1cc(N)c(O)c(O)c1)C(=O)Nc1cccnc1. The maximum atomic E-state index is 12.0. The van der Waals surface area contributed by atoms with Crippen molar-refractivity contribution in [2.24, 2.45) is 0 Å². The van der Waals surface area contributed by atoms with Crippen molar-refractivity contribution in [1.29, 1.82) is 5.26 Å². The number of aromatic nitrogens is 1. The van der Waals surface area contributed by atoms with E-state index in [9.17, 15) is 15.0 Å². The number of nitrogen functional groups attached to an aromatic ring is 1. The monoisotopic (exact) mass is 296 g/mol. The van der Waals surface area contributed by atoms with E-state index in [1.54, 1.807) is 24.4 Å². The van der Waals surface area contributed by atoms with Crippen molar-refractivity contribution >= 4 is 23.4 Å². The molecule has 1 aromatic heterocycles. The molecule has 22 heavy (non-hydrogen) atoms. The van der Waals surface area contributed by atoms with Gasteiger partial charge >= 0.3 is 0 Å². The number of phenols is 2. The highest BCUT2D eigenvalue weighted by Crippen LogP contribution is 2.33. The number of phenolic OH excluding ortho intramolecular Hbond substituents is 2. The fourth-order valence-corrected chi connectivity index (χ4v) is 1.70. The molecule has 0 aliphatic carbocycles.